The molecule has 1 amide bonds. The molecule has 1 aliphatic carbocycles. The van der Waals surface area contributed by atoms with Crippen LogP contribution in [0.2, 0.25) is 0 Å². The van der Waals surface area contributed by atoms with Crippen molar-refractivity contribution >= 4 is 5.91 Å². The maximum absolute atomic E-state index is 13.8. The van der Waals surface area contributed by atoms with Gasteiger partial charge in [-0.1, -0.05) is 12.1 Å². The number of hydrogen-bond donors (Lipinski definition) is 1. The summed E-state index contributed by atoms with van der Waals surface area (Å²) in [6, 6.07) is 7.10. The number of benzene rings is 1. The molecule has 0 saturated heterocycles. The third-order valence-electron chi connectivity index (χ3n) is 3.94. The van der Waals surface area contributed by atoms with Crippen molar-refractivity contribution < 1.29 is 9.18 Å². The first-order valence-electron chi connectivity index (χ1n) is 7.75. The van der Waals surface area contributed by atoms with Crippen molar-refractivity contribution in [3.63, 3.8) is 0 Å². The summed E-state index contributed by atoms with van der Waals surface area (Å²) in [6.07, 6.45) is 7.10. The first kappa shape index (κ1) is 14.8. The van der Waals surface area contributed by atoms with Crippen molar-refractivity contribution in [1.29, 1.82) is 0 Å². The molecule has 1 N–H and O–H groups in total. The maximum atomic E-state index is 13.8. The normalized spacial score (nSPS) is 14.0. The van der Waals surface area contributed by atoms with Crippen LogP contribution >= 0.6 is 0 Å². The van der Waals surface area contributed by atoms with Gasteiger partial charge in [0, 0.05) is 37.5 Å². The molecule has 22 heavy (non-hydrogen) atoms. The Morgan fingerprint density at radius 3 is 3.00 bits per heavy atom. The summed E-state index contributed by atoms with van der Waals surface area (Å²) < 4.78 is 15.6. The minimum atomic E-state index is -0.249. The lowest BCUT2D eigenvalue weighted by atomic mass is 10.1. The van der Waals surface area contributed by atoms with Crippen molar-refractivity contribution in [1.82, 2.24) is 15.1 Å². The molecule has 1 aromatic heterocycles. The Kier molecular flexibility index (Phi) is 4.51. The molecule has 0 unspecified atom stereocenters. The van der Waals surface area contributed by atoms with E-state index in [4.69, 9.17) is 0 Å². The Bertz CT molecular complexity index is 635. The van der Waals surface area contributed by atoms with Gasteiger partial charge in [0.1, 0.15) is 5.82 Å². The summed E-state index contributed by atoms with van der Waals surface area (Å²) in [5, 5.41) is 6.88. The number of nitrogens with zero attached hydrogens (tertiary/aromatic N) is 2. The van der Waals surface area contributed by atoms with E-state index in [1.54, 1.807) is 10.9 Å². The first-order valence-corrected chi connectivity index (χ1v) is 7.75. The summed E-state index contributed by atoms with van der Waals surface area (Å²) in [7, 11) is 0. The van der Waals surface area contributed by atoms with Gasteiger partial charge in [0.2, 0.25) is 5.91 Å². The van der Waals surface area contributed by atoms with Crippen LogP contribution in [0.1, 0.15) is 42.7 Å². The Morgan fingerprint density at radius 2 is 2.27 bits per heavy atom. The highest BCUT2D eigenvalue weighted by Crippen LogP contribution is 2.40. The lowest BCUT2D eigenvalue weighted by Gasteiger charge is -2.08. The topological polar surface area (TPSA) is 46.9 Å². The highest BCUT2D eigenvalue weighted by Gasteiger charge is 2.24. The second-order valence-electron chi connectivity index (χ2n) is 5.77. The molecular weight excluding hydrogens is 281 g/mol. The van der Waals surface area contributed by atoms with Gasteiger partial charge in [-0.25, -0.2) is 4.39 Å². The molecule has 4 nitrogen and oxygen atoms in total. The lowest BCUT2D eigenvalue weighted by molar-refractivity contribution is -0.121. The molecule has 0 bridgehead atoms. The van der Waals surface area contributed by atoms with E-state index in [1.807, 2.05) is 24.4 Å². The second-order valence-corrected chi connectivity index (χ2v) is 5.77. The minimum Gasteiger partial charge on any atom is -0.352 e. The highest BCUT2D eigenvalue weighted by molar-refractivity contribution is 5.75. The first-order chi connectivity index (χ1) is 10.7. The maximum Gasteiger partial charge on any atom is 0.220 e. The van der Waals surface area contributed by atoms with Gasteiger partial charge < -0.3 is 5.32 Å². The molecule has 1 saturated carbocycles. The van der Waals surface area contributed by atoms with Crippen LogP contribution in [0.25, 0.3) is 0 Å². The predicted molar refractivity (Wildman–Crippen MR) is 81.7 cm³/mol. The second kappa shape index (κ2) is 6.73. The molecule has 1 aromatic carbocycles. The average molecular weight is 301 g/mol. The Morgan fingerprint density at radius 1 is 1.41 bits per heavy atom. The van der Waals surface area contributed by atoms with Crippen LogP contribution in [-0.4, -0.2) is 15.7 Å². The largest absolute Gasteiger partial charge is 0.352 e. The van der Waals surface area contributed by atoms with E-state index in [1.165, 1.54) is 24.5 Å². The number of hydrogen-bond acceptors (Lipinski definition) is 2. The van der Waals surface area contributed by atoms with E-state index in [-0.39, 0.29) is 18.3 Å². The van der Waals surface area contributed by atoms with E-state index in [0.29, 0.717) is 24.4 Å². The molecule has 1 fully saturated rings. The van der Waals surface area contributed by atoms with E-state index >= 15 is 0 Å². The van der Waals surface area contributed by atoms with Crippen LogP contribution in [0.3, 0.4) is 0 Å². The number of carbonyl (C=O) groups is 1. The van der Waals surface area contributed by atoms with Gasteiger partial charge in [0.25, 0.3) is 0 Å². The van der Waals surface area contributed by atoms with Gasteiger partial charge in [0.15, 0.2) is 0 Å². The van der Waals surface area contributed by atoms with Gasteiger partial charge in [0.05, 0.1) is 0 Å². The zero-order chi connectivity index (χ0) is 15.4. The van der Waals surface area contributed by atoms with Crippen LogP contribution < -0.4 is 5.32 Å². The van der Waals surface area contributed by atoms with Crippen LogP contribution in [0.4, 0.5) is 4.39 Å². The third-order valence-corrected chi connectivity index (χ3v) is 3.94. The molecule has 3 rings (SSSR count). The molecule has 5 heteroatoms. The van der Waals surface area contributed by atoms with E-state index in [9.17, 15) is 9.18 Å². The van der Waals surface area contributed by atoms with Crippen LogP contribution in [0, 0.1) is 5.82 Å². The van der Waals surface area contributed by atoms with Gasteiger partial charge in [-0.2, -0.15) is 5.10 Å². The van der Waals surface area contributed by atoms with E-state index < -0.39 is 0 Å². The quantitative estimate of drug-likeness (QED) is 0.854. The number of nitrogens with one attached hydrogen (secondary N) is 1. The van der Waals surface area contributed by atoms with Crippen molar-refractivity contribution in [3.05, 3.63) is 53.6 Å². The molecule has 1 heterocycles. The van der Waals surface area contributed by atoms with Crippen molar-refractivity contribution in [2.45, 2.75) is 44.7 Å². The van der Waals surface area contributed by atoms with E-state index in [2.05, 4.69) is 10.4 Å². The average Bonchev–Trinajstić information content (AvgIpc) is 3.24. The minimum absolute atomic E-state index is 0.0524. The standard InChI is InChI=1S/C17H20FN3O/c18-16-7-6-14(13-4-5-13)11-15(16)12-19-17(22)3-1-9-21-10-2-8-20-21/h2,6-8,10-11,13H,1,3-5,9,12H2,(H,19,22). The summed E-state index contributed by atoms with van der Waals surface area (Å²) in [5.74, 6) is 0.286. The zero-order valence-corrected chi connectivity index (χ0v) is 12.5. The summed E-state index contributed by atoms with van der Waals surface area (Å²) >= 11 is 0. The fourth-order valence-corrected chi connectivity index (χ4v) is 2.52. The van der Waals surface area contributed by atoms with Gasteiger partial charge >= 0.3 is 0 Å². The number of carbonyl (C=O) groups excluding carboxylic acids is 1. The van der Waals surface area contributed by atoms with Crippen LogP contribution in [0.5, 0.6) is 0 Å². The summed E-state index contributed by atoms with van der Waals surface area (Å²) in [5.41, 5.74) is 1.76. The van der Waals surface area contributed by atoms with Gasteiger partial charge in [-0.05, 0) is 42.9 Å². The van der Waals surface area contributed by atoms with E-state index in [0.717, 1.165) is 6.42 Å². The molecule has 1 aliphatic rings. The number of rotatable bonds is 7. The van der Waals surface area contributed by atoms with Crippen LogP contribution in [0.15, 0.2) is 36.7 Å². The molecule has 0 aliphatic heterocycles. The van der Waals surface area contributed by atoms with Crippen molar-refractivity contribution in [2.75, 3.05) is 0 Å². The highest BCUT2D eigenvalue weighted by atomic mass is 19.1. The van der Waals surface area contributed by atoms with Gasteiger partial charge in [-0.3, -0.25) is 9.48 Å². The number of amides is 1. The number of halogens is 1. The Hall–Kier alpha value is -2.17. The molecule has 116 valence electrons. The fraction of sp³-hybridized carbons (Fsp3) is 0.412. The molecule has 0 radical (unpaired) electrons. The zero-order valence-electron chi connectivity index (χ0n) is 12.5. The van der Waals surface area contributed by atoms with Crippen LogP contribution in [-0.2, 0) is 17.9 Å². The van der Waals surface area contributed by atoms with Crippen molar-refractivity contribution in [3.8, 4) is 0 Å². The number of aromatic nitrogens is 2. The number of aryl methyl sites for hydroxylation is 1. The predicted octanol–water partition coefficient (Wildman–Crippen LogP) is 3.00. The molecule has 2 aromatic rings. The monoisotopic (exact) mass is 301 g/mol. The fourth-order valence-electron chi connectivity index (χ4n) is 2.52. The Balaban J connectivity index is 1.45. The third kappa shape index (κ3) is 3.93. The molecule has 0 spiro atoms. The molecular formula is C17H20FN3O. The molecule has 0 atom stereocenters. The Labute approximate surface area is 129 Å². The lowest BCUT2D eigenvalue weighted by Crippen LogP contribution is -2.23. The summed E-state index contributed by atoms with van der Waals surface area (Å²) in [6.45, 7) is 0.971. The summed E-state index contributed by atoms with van der Waals surface area (Å²) in [4.78, 5) is 11.8. The van der Waals surface area contributed by atoms with Gasteiger partial charge in [-0.15, -0.1) is 0 Å². The SMILES string of the molecule is O=C(CCCn1cccn1)NCc1cc(C2CC2)ccc1F. The smallest absolute Gasteiger partial charge is 0.220 e. The van der Waals surface area contributed by atoms with Crippen molar-refractivity contribution in [2.24, 2.45) is 0 Å².